The fraction of sp³-hybridized carbons (Fsp3) is 0.333. The van der Waals surface area contributed by atoms with Gasteiger partial charge in [-0.05, 0) is 12.1 Å². The molecule has 0 bridgehead atoms. The molecular formula is C9H13NO3. The van der Waals surface area contributed by atoms with Crippen LogP contribution in [0, 0.1) is 0 Å². The van der Waals surface area contributed by atoms with Gasteiger partial charge in [-0.3, -0.25) is 0 Å². The lowest BCUT2D eigenvalue weighted by molar-refractivity contribution is 0.000281. The molecule has 1 rings (SSSR count). The molecule has 0 radical (unpaired) electrons. The van der Waals surface area contributed by atoms with Gasteiger partial charge in [0, 0.05) is 5.69 Å². The Kier molecular flexibility index (Phi) is 3.70. The van der Waals surface area contributed by atoms with Gasteiger partial charge in [-0.15, -0.1) is 0 Å². The van der Waals surface area contributed by atoms with Crippen molar-refractivity contribution < 1.29 is 15.3 Å². The minimum Gasteiger partial charge on any atom is -0.394 e. The number of anilines is 1. The maximum absolute atomic E-state index is 9.25. The number of benzene rings is 1. The Hall–Kier alpha value is -1.10. The first-order chi connectivity index (χ1) is 6.24. The van der Waals surface area contributed by atoms with E-state index in [0.29, 0.717) is 5.69 Å². The van der Waals surface area contributed by atoms with Crippen molar-refractivity contribution in [3.05, 3.63) is 30.3 Å². The highest BCUT2D eigenvalue weighted by molar-refractivity contribution is 5.42. The third-order valence-corrected chi connectivity index (χ3v) is 1.64. The first-order valence-electron chi connectivity index (χ1n) is 4.02. The van der Waals surface area contributed by atoms with Crippen molar-refractivity contribution in [1.82, 2.24) is 0 Å². The van der Waals surface area contributed by atoms with Crippen molar-refractivity contribution in [1.29, 1.82) is 0 Å². The number of aliphatic hydroxyl groups excluding tert-OH is 3. The predicted molar refractivity (Wildman–Crippen MR) is 49.2 cm³/mol. The highest BCUT2D eigenvalue weighted by Gasteiger charge is 2.13. The Labute approximate surface area is 76.5 Å². The molecule has 1 aromatic carbocycles. The van der Waals surface area contributed by atoms with Crippen molar-refractivity contribution >= 4 is 5.69 Å². The van der Waals surface area contributed by atoms with E-state index >= 15 is 0 Å². The molecule has 2 unspecified atom stereocenters. The lowest BCUT2D eigenvalue weighted by Gasteiger charge is -2.17. The van der Waals surface area contributed by atoms with Gasteiger partial charge in [0.05, 0.1) is 6.61 Å². The number of para-hydroxylation sites is 1. The van der Waals surface area contributed by atoms with E-state index in [-0.39, 0.29) is 0 Å². The van der Waals surface area contributed by atoms with Crippen LogP contribution in [0.25, 0.3) is 0 Å². The molecule has 4 heteroatoms. The third-order valence-electron chi connectivity index (χ3n) is 1.64. The molecule has 0 saturated carbocycles. The average molecular weight is 183 g/mol. The molecule has 0 aliphatic heterocycles. The molecular weight excluding hydrogens is 170 g/mol. The molecule has 0 spiro atoms. The summed E-state index contributed by atoms with van der Waals surface area (Å²) in [5.74, 6) is 0. The quantitative estimate of drug-likeness (QED) is 0.486. The molecule has 0 fully saturated rings. The molecule has 0 saturated heterocycles. The number of hydrogen-bond acceptors (Lipinski definition) is 4. The van der Waals surface area contributed by atoms with Gasteiger partial charge in [0.2, 0.25) is 0 Å². The van der Waals surface area contributed by atoms with Crippen molar-refractivity contribution in [2.75, 3.05) is 11.9 Å². The van der Waals surface area contributed by atoms with Crippen LogP contribution in [0.15, 0.2) is 30.3 Å². The molecule has 13 heavy (non-hydrogen) atoms. The molecule has 0 aliphatic carbocycles. The number of rotatable bonds is 4. The highest BCUT2D eigenvalue weighted by Crippen LogP contribution is 2.07. The van der Waals surface area contributed by atoms with E-state index in [4.69, 9.17) is 10.2 Å². The molecule has 0 heterocycles. The summed E-state index contributed by atoms with van der Waals surface area (Å²) in [6.45, 7) is -0.471. The molecule has 2 atom stereocenters. The Bertz CT molecular complexity index is 240. The van der Waals surface area contributed by atoms with Gasteiger partial charge in [-0.25, -0.2) is 0 Å². The van der Waals surface area contributed by atoms with Crippen LogP contribution in [-0.2, 0) is 0 Å². The maximum Gasteiger partial charge on any atom is 0.153 e. The highest BCUT2D eigenvalue weighted by atomic mass is 16.4. The first-order valence-corrected chi connectivity index (χ1v) is 4.02. The fourth-order valence-electron chi connectivity index (χ4n) is 0.901. The zero-order valence-corrected chi connectivity index (χ0v) is 7.09. The van der Waals surface area contributed by atoms with Crippen LogP contribution in [0.1, 0.15) is 0 Å². The minimum absolute atomic E-state index is 0.471. The Morgan fingerprint density at radius 1 is 1.15 bits per heavy atom. The molecule has 72 valence electrons. The average Bonchev–Trinajstić information content (AvgIpc) is 2.18. The molecule has 0 amide bonds. The molecule has 4 N–H and O–H groups in total. The summed E-state index contributed by atoms with van der Waals surface area (Å²) in [5.41, 5.74) is 0.697. The van der Waals surface area contributed by atoms with Gasteiger partial charge in [0.1, 0.15) is 6.10 Å². The summed E-state index contributed by atoms with van der Waals surface area (Å²) >= 11 is 0. The second-order valence-corrected chi connectivity index (χ2v) is 2.71. The zero-order chi connectivity index (χ0) is 9.68. The molecule has 0 aliphatic rings. The maximum atomic E-state index is 9.25. The van der Waals surface area contributed by atoms with Crippen molar-refractivity contribution in [2.45, 2.75) is 12.3 Å². The number of hydrogen-bond donors (Lipinski definition) is 4. The predicted octanol–water partition coefficient (Wildman–Crippen LogP) is -0.230. The lowest BCUT2D eigenvalue weighted by atomic mass is 10.3. The van der Waals surface area contributed by atoms with E-state index in [1.165, 1.54) is 0 Å². The Morgan fingerprint density at radius 2 is 1.77 bits per heavy atom. The van der Waals surface area contributed by atoms with E-state index in [9.17, 15) is 5.11 Å². The lowest BCUT2D eigenvalue weighted by Crippen LogP contribution is -2.35. The van der Waals surface area contributed by atoms with Crippen LogP contribution in [0.2, 0.25) is 0 Å². The summed E-state index contributed by atoms with van der Waals surface area (Å²) in [5, 5.41) is 29.4. The smallest absolute Gasteiger partial charge is 0.153 e. The van der Waals surface area contributed by atoms with Crippen LogP contribution in [0.3, 0.4) is 0 Å². The van der Waals surface area contributed by atoms with Gasteiger partial charge >= 0.3 is 0 Å². The Morgan fingerprint density at radius 3 is 2.31 bits per heavy atom. The minimum atomic E-state index is -1.17. The summed E-state index contributed by atoms with van der Waals surface area (Å²) < 4.78 is 0. The van der Waals surface area contributed by atoms with Gasteiger partial charge < -0.3 is 20.6 Å². The van der Waals surface area contributed by atoms with E-state index in [0.717, 1.165) is 0 Å². The van der Waals surface area contributed by atoms with Crippen LogP contribution in [-0.4, -0.2) is 34.3 Å². The van der Waals surface area contributed by atoms with E-state index in [1.807, 2.05) is 6.07 Å². The SMILES string of the molecule is OCC(O)C(O)Nc1ccccc1. The van der Waals surface area contributed by atoms with Crippen molar-refractivity contribution in [3.63, 3.8) is 0 Å². The largest absolute Gasteiger partial charge is 0.394 e. The summed E-state index contributed by atoms with van der Waals surface area (Å²) in [7, 11) is 0. The van der Waals surface area contributed by atoms with E-state index in [1.54, 1.807) is 24.3 Å². The topological polar surface area (TPSA) is 72.7 Å². The van der Waals surface area contributed by atoms with E-state index in [2.05, 4.69) is 5.32 Å². The Balaban J connectivity index is 2.50. The molecule has 0 aromatic heterocycles. The monoisotopic (exact) mass is 183 g/mol. The van der Waals surface area contributed by atoms with Gasteiger partial charge in [0.15, 0.2) is 6.23 Å². The molecule has 4 nitrogen and oxygen atoms in total. The zero-order valence-electron chi connectivity index (χ0n) is 7.09. The van der Waals surface area contributed by atoms with Crippen LogP contribution in [0.4, 0.5) is 5.69 Å². The normalized spacial score (nSPS) is 15.0. The second-order valence-electron chi connectivity index (χ2n) is 2.71. The fourth-order valence-corrected chi connectivity index (χ4v) is 0.901. The standard InChI is InChI=1S/C9H13NO3/c11-6-8(12)9(13)10-7-4-2-1-3-5-7/h1-5,8-13H,6H2. The second kappa shape index (κ2) is 4.81. The van der Waals surface area contributed by atoms with Crippen molar-refractivity contribution in [3.8, 4) is 0 Å². The summed E-state index contributed by atoms with van der Waals surface area (Å²) in [6.07, 6.45) is -2.31. The van der Waals surface area contributed by atoms with Gasteiger partial charge in [-0.1, -0.05) is 18.2 Å². The van der Waals surface area contributed by atoms with Crippen molar-refractivity contribution in [2.24, 2.45) is 0 Å². The van der Waals surface area contributed by atoms with Crippen LogP contribution < -0.4 is 5.32 Å². The number of aliphatic hydroxyl groups is 3. The summed E-state index contributed by atoms with van der Waals surface area (Å²) in [4.78, 5) is 0. The van der Waals surface area contributed by atoms with Gasteiger partial charge in [0.25, 0.3) is 0 Å². The van der Waals surface area contributed by atoms with Gasteiger partial charge in [-0.2, -0.15) is 0 Å². The molecule has 1 aromatic rings. The summed E-state index contributed by atoms with van der Waals surface area (Å²) in [6, 6.07) is 8.97. The first kappa shape index (κ1) is 9.98. The van der Waals surface area contributed by atoms with Crippen LogP contribution in [0.5, 0.6) is 0 Å². The number of nitrogens with one attached hydrogen (secondary N) is 1. The van der Waals surface area contributed by atoms with Crippen LogP contribution >= 0.6 is 0 Å². The third kappa shape index (κ3) is 3.02. The van der Waals surface area contributed by atoms with E-state index < -0.39 is 18.9 Å².